The van der Waals surface area contributed by atoms with Gasteiger partial charge in [0.15, 0.2) is 0 Å². The molecule has 13 heavy (non-hydrogen) atoms. The molecule has 1 rings (SSSR count). The first kappa shape index (κ1) is 10.3. The SMILES string of the molecule is CCCCCCCCc1cn[c]o1. The summed E-state index contributed by atoms with van der Waals surface area (Å²) in [6, 6.07) is 0. The molecule has 0 aromatic carbocycles. The molecular weight excluding hydrogens is 162 g/mol. The van der Waals surface area contributed by atoms with Gasteiger partial charge < -0.3 is 4.42 Å². The van der Waals surface area contributed by atoms with Crippen molar-refractivity contribution in [1.29, 1.82) is 0 Å². The summed E-state index contributed by atoms with van der Waals surface area (Å²) in [5.41, 5.74) is 0. The van der Waals surface area contributed by atoms with E-state index in [1.165, 1.54) is 38.5 Å². The van der Waals surface area contributed by atoms with E-state index >= 15 is 0 Å². The van der Waals surface area contributed by atoms with E-state index < -0.39 is 0 Å². The summed E-state index contributed by atoms with van der Waals surface area (Å²) in [6.07, 6.45) is 13.2. The third-order valence-corrected chi connectivity index (χ3v) is 2.21. The predicted molar refractivity (Wildman–Crippen MR) is 52.4 cm³/mol. The van der Waals surface area contributed by atoms with Gasteiger partial charge in [-0.1, -0.05) is 39.0 Å². The maximum atomic E-state index is 5.03. The lowest BCUT2D eigenvalue weighted by molar-refractivity contribution is 0.480. The summed E-state index contributed by atoms with van der Waals surface area (Å²) in [6.45, 7) is 2.24. The third-order valence-electron chi connectivity index (χ3n) is 2.21. The van der Waals surface area contributed by atoms with Crippen molar-refractivity contribution in [1.82, 2.24) is 4.98 Å². The van der Waals surface area contributed by atoms with Crippen molar-refractivity contribution in [2.45, 2.75) is 51.9 Å². The Morgan fingerprint density at radius 3 is 2.69 bits per heavy atom. The van der Waals surface area contributed by atoms with Crippen LogP contribution >= 0.6 is 0 Å². The highest BCUT2D eigenvalue weighted by Crippen LogP contribution is 2.08. The van der Waals surface area contributed by atoms with Crippen LogP contribution in [0.3, 0.4) is 0 Å². The van der Waals surface area contributed by atoms with Crippen LogP contribution in [0.5, 0.6) is 0 Å². The summed E-state index contributed by atoms with van der Waals surface area (Å²) in [5, 5.41) is 0. The van der Waals surface area contributed by atoms with E-state index in [2.05, 4.69) is 18.3 Å². The van der Waals surface area contributed by atoms with Gasteiger partial charge in [0.2, 0.25) is 0 Å². The molecule has 0 atom stereocenters. The van der Waals surface area contributed by atoms with E-state index in [0.29, 0.717) is 0 Å². The van der Waals surface area contributed by atoms with Crippen LogP contribution in [0, 0.1) is 6.39 Å². The maximum Gasteiger partial charge on any atom is 0.283 e. The molecule has 1 radical (unpaired) electrons. The van der Waals surface area contributed by atoms with Crippen molar-refractivity contribution in [2.75, 3.05) is 0 Å². The number of nitrogens with zero attached hydrogens (tertiary/aromatic N) is 1. The summed E-state index contributed by atoms with van der Waals surface area (Å²) < 4.78 is 5.03. The van der Waals surface area contributed by atoms with Crippen molar-refractivity contribution in [3.63, 3.8) is 0 Å². The second-order valence-electron chi connectivity index (χ2n) is 3.44. The van der Waals surface area contributed by atoms with E-state index in [4.69, 9.17) is 4.42 Å². The Kier molecular flexibility index (Phi) is 5.30. The minimum Gasteiger partial charge on any atom is -0.438 e. The molecule has 0 amide bonds. The zero-order valence-corrected chi connectivity index (χ0v) is 8.38. The topological polar surface area (TPSA) is 26.0 Å². The highest BCUT2D eigenvalue weighted by molar-refractivity contribution is 4.87. The van der Waals surface area contributed by atoms with Crippen LogP contribution in [0.1, 0.15) is 51.2 Å². The fourth-order valence-electron chi connectivity index (χ4n) is 1.40. The van der Waals surface area contributed by atoms with Crippen molar-refractivity contribution in [3.8, 4) is 0 Å². The molecule has 0 saturated carbocycles. The van der Waals surface area contributed by atoms with E-state index in [1.807, 2.05) is 0 Å². The van der Waals surface area contributed by atoms with E-state index in [-0.39, 0.29) is 0 Å². The molecule has 0 fully saturated rings. The zero-order chi connectivity index (χ0) is 9.36. The van der Waals surface area contributed by atoms with Gasteiger partial charge in [-0.05, 0) is 6.42 Å². The molecule has 0 unspecified atom stereocenters. The van der Waals surface area contributed by atoms with Crippen LogP contribution in [0.2, 0.25) is 0 Å². The lowest BCUT2D eigenvalue weighted by atomic mass is 10.1. The molecule has 0 N–H and O–H groups in total. The molecule has 73 valence electrons. The molecule has 2 heteroatoms. The van der Waals surface area contributed by atoms with Crippen molar-refractivity contribution < 1.29 is 4.42 Å². The van der Waals surface area contributed by atoms with E-state index in [1.54, 1.807) is 6.20 Å². The Morgan fingerprint density at radius 1 is 1.23 bits per heavy atom. The molecule has 0 aliphatic rings. The minimum absolute atomic E-state index is 0.968. The second-order valence-corrected chi connectivity index (χ2v) is 3.44. The molecule has 0 saturated heterocycles. The standard InChI is InChI=1S/C11H18NO/c1-2-3-4-5-6-7-8-11-9-12-10-13-11/h9H,2-8H2,1H3. The Bertz CT molecular complexity index is 194. The van der Waals surface area contributed by atoms with Gasteiger partial charge in [-0.25, -0.2) is 4.98 Å². The van der Waals surface area contributed by atoms with Gasteiger partial charge in [0, 0.05) is 6.42 Å². The van der Waals surface area contributed by atoms with Gasteiger partial charge >= 0.3 is 0 Å². The smallest absolute Gasteiger partial charge is 0.283 e. The number of unbranched alkanes of at least 4 members (excludes halogenated alkanes) is 5. The number of rotatable bonds is 7. The second kappa shape index (κ2) is 6.70. The number of hydrogen-bond acceptors (Lipinski definition) is 2. The van der Waals surface area contributed by atoms with Gasteiger partial charge in [-0.15, -0.1) is 0 Å². The van der Waals surface area contributed by atoms with Crippen LogP contribution in [-0.4, -0.2) is 4.98 Å². The molecule has 1 aromatic heterocycles. The molecule has 1 aromatic rings. The number of oxazole rings is 1. The number of aryl methyl sites for hydroxylation is 1. The predicted octanol–water partition coefficient (Wildman–Crippen LogP) is 3.38. The van der Waals surface area contributed by atoms with Crippen LogP contribution in [-0.2, 0) is 6.42 Å². The lowest BCUT2D eigenvalue weighted by Crippen LogP contribution is -1.83. The molecule has 2 nitrogen and oxygen atoms in total. The highest BCUT2D eigenvalue weighted by Gasteiger charge is 1.96. The summed E-state index contributed by atoms with van der Waals surface area (Å²) in [4.78, 5) is 3.76. The fraction of sp³-hybridized carbons (Fsp3) is 0.727. The van der Waals surface area contributed by atoms with Crippen molar-refractivity contribution >= 4 is 0 Å². The number of aromatic nitrogens is 1. The Balaban J connectivity index is 1.90. The Hall–Kier alpha value is -0.790. The third kappa shape index (κ3) is 4.71. The minimum atomic E-state index is 0.968. The lowest BCUT2D eigenvalue weighted by Gasteiger charge is -1.98. The van der Waals surface area contributed by atoms with Gasteiger partial charge in [-0.3, -0.25) is 0 Å². The highest BCUT2D eigenvalue weighted by atomic mass is 16.3. The maximum absolute atomic E-state index is 5.03. The molecular formula is C11H18NO. The summed E-state index contributed by atoms with van der Waals surface area (Å²) in [7, 11) is 0. The van der Waals surface area contributed by atoms with Gasteiger partial charge in [-0.2, -0.15) is 0 Å². The Labute approximate surface area is 80.4 Å². The monoisotopic (exact) mass is 180 g/mol. The largest absolute Gasteiger partial charge is 0.438 e. The average Bonchev–Trinajstić information content (AvgIpc) is 2.63. The van der Waals surface area contributed by atoms with Crippen LogP contribution in [0.25, 0.3) is 0 Å². The van der Waals surface area contributed by atoms with Gasteiger partial charge in [0.05, 0.1) is 6.20 Å². The summed E-state index contributed by atoms with van der Waals surface area (Å²) in [5.74, 6) is 0.968. The van der Waals surface area contributed by atoms with E-state index in [0.717, 1.165) is 12.2 Å². The normalized spacial score (nSPS) is 10.5. The van der Waals surface area contributed by atoms with Crippen molar-refractivity contribution in [2.24, 2.45) is 0 Å². The van der Waals surface area contributed by atoms with Crippen LogP contribution in [0.15, 0.2) is 10.6 Å². The first-order valence-corrected chi connectivity index (χ1v) is 5.24. The first-order chi connectivity index (χ1) is 6.43. The van der Waals surface area contributed by atoms with Crippen LogP contribution in [0.4, 0.5) is 0 Å². The molecule has 1 heterocycles. The first-order valence-electron chi connectivity index (χ1n) is 5.24. The van der Waals surface area contributed by atoms with E-state index in [9.17, 15) is 0 Å². The van der Waals surface area contributed by atoms with Crippen LogP contribution < -0.4 is 0 Å². The average molecular weight is 180 g/mol. The van der Waals surface area contributed by atoms with Crippen molar-refractivity contribution in [3.05, 3.63) is 18.4 Å². The molecule has 0 bridgehead atoms. The van der Waals surface area contributed by atoms with Gasteiger partial charge in [0.1, 0.15) is 5.76 Å². The fourth-order valence-corrected chi connectivity index (χ4v) is 1.40. The number of hydrogen-bond donors (Lipinski definition) is 0. The van der Waals surface area contributed by atoms with Gasteiger partial charge in [0.25, 0.3) is 6.39 Å². The molecule has 0 aliphatic carbocycles. The molecule has 0 spiro atoms. The summed E-state index contributed by atoms with van der Waals surface area (Å²) >= 11 is 0. The molecule has 0 aliphatic heterocycles. The Morgan fingerprint density at radius 2 is 2.00 bits per heavy atom. The quantitative estimate of drug-likeness (QED) is 0.601. The zero-order valence-electron chi connectivity index (χ0n) is 8.38.